The van der Waals surface area contributed by atoms with Crippen LogP contribution in [-0.2, 0) is 32.3 Å². The predicted octanol–water partition coefficient (Wildman–Crippen LogP) is 1.65. The Morgan fingerprint density at radius 1 is 1.38 bits per heavy atom. The summed E-state index contributed by atoms with van der Waals surface area (Å²) < 4.78 is 53.2. The molecule has 3 unspecified atom stereocenters. The van der Waals surface area contributed by atoms with Crippen molar-refractivity contribution in [2.75, 3.05) is 33.0 Å². The Labute approximate surface area is 249 Å². The molecule has 2 saturated heterocycles. The van der Waals surface area contributed by atoms with Gasteiger partial charge in [0.15, 0.2) is 0 Å². The molecule has 7 atom stereocenters. The minimum Gasteiger partial charge on any atom is -0.544 e. The molecule has 2 fully saturated rings. The fraction of sp³-hybridized carbons (Fsp3) is 0.684. The summed E-state index contributed by atoms with van der Waals surface area (Å²) in [5, 5.41) is 28.2. The van der Waals surface area contributed by atoms with Crippen LogP contribution in [0.5, 0.6) is 0 Å². The molecule has 2 aliphatic rings. The minimum atomic E-state index is -4.26. The number of phosphoric acid groups is 1. The van der Waals surface area contributed by atoms with Gasteiger partial charge in [0.25, 0.3) is 0 Å². The Kier molecular flexibility index (Phi) is 18.3. The molecule has 32 heavy (non-hydrogen) atoms. The van der Waals surface area contributed by atoms with Crippen molar-refractivity contribution in [3.05, 3.63) is 30.9 Å². The fourth-order valence-electron chi connectivity index (χ4n) is 2.65. The van der Waals surface area contributed by atoms with Crippen molar-refractivity contribution in [2.24, 2.45) is 0 Å². The van der Waals surface area contributed by atoms with Crippen LogP contribution < -0.4 is 0 Å². The molecule has 177 valence electrons. The Balaban J connectivity index is 0.00000512. The average molecular weight is 913 g/mol. The Bertz CT molecular complexity index is 699. The number of aliphatic hydroxyl groups excluding tert-OH is 2. The molecule has 2 N–H and O–H groups in total. The van der Waals surface area contributed by atoms with Gasteiger partial charge in [0.1, 0.15) is 6.10 Å². The van der Waals surface area contributed by atoms with E-state index in [1.165, 1.54) is 6.61 Å². The number of nitrogens with zero attached hydrogens (tertiary/aromatic N) is 1. The summed E-state index contributed by atoms with van der Waals surface area (Å²) in [4.78, 5) is 0. The minimum absolute atomic E-state index is 0. The van der Waals surface area contributed by atoms with E-state index in [-0.39, 0.29) is 108 Å². The molecule has 0 bridgehead atoms. The number of nitriles is 1. The SMILES string of the molecule is [3H]C1C[C@@H](O)[C@@H](COP(=O)(OCCC#N)O[C@@H]2C(OC/C=C/C=C/C)[CH-]O[C@@H]2CO)O1.[Ac].[U]. The number of allylic oxidation sites excluding steroid dienone is 3. The largest absolute Gasteiger partial charge is 0.544 e. The Morgan fingerprint density at radius 2 is 2.16 bits per heavy atom. The topological polar surface area (TPSA) is 137 Å². The van der Waals surface area contributed by atoms with E-state index in [0.29, 0.717) is 0 Å². The number of rotatable bonds is 13. The van der Waals surface area contributed by atoms with Crippen molar-refractivity contribution >= 4 is 7.82 Å². The van der Waals surface area contributed by atoms with E-state index in [0.717, 1.165) is 0 Å². The van der Waals surface area contributed by atoms with Crippen LogP contribution in [0.1, 0.15) is 21.1 Å². The molecule has 0 aromatic rings. The maximum atomic E-state index is 13.2. The van der Waals surface area contributed by atoms with Gasteiger partial charge in [-0.15, -0.1) is 0 Å². The standard InChI is InChI=1S/C19H29NO9P.Ac.U/c1-2-3-4-5-9-24-18-13-26-16(12-21)19(18)29-30(23,27-10-6-8-20)28-14-17-15(22)7-11-25-17;;/h2-5,13,15-19,21-22H,6-7,9-12,14H2,1H3;;/q-1;;/b3-2+,5-4+;;/t15-,16-,17-,18?,19+,30?;;/m1../s1/i11T;;/t11?,15-,16-,17-,18?,19+,30?;;. The van der Waals surface area contributed by atoms with Crippen molar-refractivity contribution in [2.45, 2.75) is 50.3 Å². The second-order valence-corrected chi connectivity index (χ2v) is 8.07. The normalized spacial score (nSPS) is 32.2. The van der Waals surface area contributed by atoms with Crippen LogP contribution in [0.25, 0.3) is 0 Å². The van der Waals surface area contributed by atoms with E-state index < -0.39 is 51.5 Å². The average Bonchev–Trinajstić information content (AvgIpc) is 3.27. The monoisotopic (exact) mass is 913 g/mol. The summed E-state index contributed by atoms with van der Waals surface area (Å²) in [7, 11) is -4.26. The zero-order chi connectivity index (χ0) is 22.7. The second kappa shape index (κ2) is 18.6. The van der Waals surface area contributed by atoms with Gasteiger partial charge in [0.2, 0.25) is 0 Å². The third-order valence-electron chi connectivity index (χ3n) is 4.23. The van der Waals surface area contributed by atoms with Crippen LogP contribution in [-0.4, -0.2) is 73.7 Å². The Hall–Kier alpha value is 1.37. The Morgan fingerprint density at radius 3 is 2.78 bits per heavy atom. The maximum absolute atomic E-state index is 13.2. The van der Waals surface area contributed by atoms with E-state index in [9.17, 15) is 14.8 Å². The smallest absolute Gasteiger partial charge is 0.475 e. The molecule has 0 spiro atoms. The van der Waals surface area contributed by atoms with Gasteiger partial charge in [-0.05, 0) is 19.4 Å². The molecule has 0 saturated carbocycles. The van der Waals surface area contributed by atoms with E-state index in [4.69, 9.17) is 34.4 Å². The van der Waals surface area contributed by atoms with Crippen molar-refractivity contribution < 1.29 is 119 Å². The van der Waals surface area contributed by atoms with Gasteiger partial charge in [-0.2, -0.15) is 11.9 Å². The first-order valence-corrected chi connectivity index (χ1v) is 11.1. The molecule has 1 radical (unpaired) electrons. The molecule has 0 amide bonds. The van der Waals surface area contributed by atoms with Crippen molar-refractivity contribution in [1.82, 2.24) is 0 Å². The summed E-state index contributed by atoms with van der Waals surface area (Å²) in [6.07, 6.45) is 2.81. The van der Waals surface area contributed by atoms with Gasteiger partial charge in [0.05, 0.1) is 58.6 Å². The molecule has 13 heteroatoms. The first kappa shape index (κ1) is 31.4. The van der Waals surface area contributed by atoms with Crippen molar-refractivity contribution in [3.8, 4) is 6.07 Å². The van der Waals surface area contributed by atoms with Gasteiger partial charge < -0.3 is 24.4 Å². The van der Waals surface area contributed by atoms with Crippen LogP contribution in [0.4, 0.5) is 0 Å². The molecule has 0 aliphatic carbocycles. The third kappa shape index (κ3) is 11.4. The summed E-state index contributed by atoms with van der Waals surface area (Å²) >= 11 is 0. The molecular weight excluding hydrogens is 882 g/mol. The number of ether oxygens (including phenoxy) is 3. The quantitative estimate of drug-likeness (QED) is 0.122. The second-order valence-electron chi connectivity index (χ2n) is 6.44. The zero-order valence-corrected chi connectivity index (χ0v) is 27.6. The van der Waals surface area contributed by atoms with Gasteiger partial charge in [0, 0.05) is 81.8 Å². The molecule has 2 rings (SSSR count). The number of hydrogen-bond donors (Lipinski definition) is 2. The maximum Gasteiger partial charge on any atom is 0.475 e. The van der Waals surface area contributed by atoms with Crippen LogP contribution >= 0.6 is 7.82 Å². The predicted molar refractivity (Wildman–Crippen MR) is 105 cm³/mol. The zero-order valence-electron chi connectivity index (χ0n) is 18.8. The summed E-state index contributed by atoms with van der Waals surface area (Å²) in [6, 6.07) is 1.86. The number of aliphatic hydroxyl groups is 2. The molecule has 2 aliphatic heterocycles. The van der Waals surface area contributed by atoms with E-state index >= 15 is 0 Å². The van der Waals surface area contributed by atoms with Gasteiger partial charge in [-0.1, -0.05) is 24.3 Å². The first-order chi connectivity index (χ1) is 14.9. The summed E-state index contributed by atoms with van der Waals surface area (Å²) in [5.74, 6) is 0. The number of phosphoric ester groups is 1. The van der Waals surface area contributed by atoms with Crippen molar-refractivity contribution in [1.29, 1.82) is 5.26 Å². The van der Waals surface area contributed by atoms with Crippen LogP contribution in [0, 0.1) is 93.1 Å². The molecule has 0 aromatic carbocycles. The van der Waals surface area contributed by atoms with Gasteiger partial charge in [-0.3, -0.25) is 13.6 Å². The fourth-order valence-corrected chi connectivity index (χ4v) is 4.05. The van der Waals surface area contributed by atoms with Gasteiger partial charge >= 0.3 is 7.82 Å². The van der Waals surface area contributed by atoms with Gasteiger partial charge in [-0.25, -0.2) is 4.57 Å². The summed E-state index contributed by atoms with van der Waals surface area (Å²) in [5.41, 5.74) is 0. The third-order valence-corrected chi connectivity index (χ3v) is 5.70. The summed E-state index contributed by atoms with van der Waals surface area (Å²) in [6.45, 7) is 1.51. The van der Waals surface area contributed by atoms with Crippen LogP contribution in [0.15, 0.2) is 24.3 Å². The van der Waals surface area contributed by atoms with Crippen molar-refractivity contribution in [3.63, 3.8) is 0 Å². The molecule has 0 aromatic heterocycles. The number of hydrogen-bond acceptors (Lipinski definition) is 10. The molecule has 10 nitrogen and oxygen atoms in total. The van der Waals surface area contributed by atoms with E-state index in [1.807, 2.05) is 25.1 Å². The first-order valence-electron chi connectivity index (χ1n) is 10.2. The van der Waals surface area contributed by atoms with Crippen LogP contribution in [0.2, 0.25) is 0 Å². The van der Waals surface area contributed by atoms with E-state index in [2.05, 4.69) is 0 Å². The molecule has 2 heterocycles. The van der Waals surface area contributed by atoms with Crippen LogP contribution in [0.3, 0.4) is 0 Å². The van der Waals surface area contributed by atoms with E-state index in [1.54, 1.807) is 12.2 Å². The molecular formula is C19H29AcNO9PU-.